The number of carbonyl (C=O) groups is 1. The summed E-state index contributed by atoms with van der Waals surface area (Å²) >= 11 is 3.37. The number of Topliss-reactive ketones (excluding diaryl/α,β-unsaturated/α-hetero) is 1. The number of hydrogen-bond donors (Lipinski definition) is 0. The molecule has 3 heteroatoms. The Morgan fingerprint density at radius 2 is 1.84 bits per heavy atom. The maximum Gasteiger partial charge on any atom is 0.163 e. The predicted octanol–water partition coefficient (Wildman–Crippen LogP) is 5.06. The Morgan fingerprint density at radius 1 is 1.11 bits per heavy atom. The van der Waals surface area contributed by atoms with E-state index in [0.29, 0.717) is 11.3 Å². The van der Waals surface area contributed by atoms with Gasteiger partial charge in [-0.2, -0.15) is 0 Å². The Kier molecular flexibility index (Phi) is 4.05. The second-order valence-electron chi connectivity index (χ2n) is 4.50. The van der Waals surface area contributed by atoms with Crippen LogP contribution < -0.4 is 4.74 Å². The first-order valence-electron chi connectivity index (χ1n) is 6.03. The van der Waals surface area contributed by atoms with E-state index < -0.39 is 0 Å². The molecule has 0 heterocycles. The molecular weight excluding hydrogens is 304 g/mol. The van der Waals surface area contributed by atoms with Gasteiger partial charge in [-0.15, -0.1) is 0 Å². The monoisotopic (exact) mass is 318 g/mol. The van der Waals surface area contributed by atoms with E-state index >= 15 is 0 Å². The van der Waals surface area contributed by atoms with Crippen LogP contribution in [-0.4, -0.2) is 5.78 Å². The number of hydrogen-bond acceptors (Lipinski definition) is 2. The summed E-state index contributed by atoms with van der Waals surface area (Å²) < 4.78 is 6.76. The highest BCUT2D eigenvalue weighted by molar-refractivity contribution is 9.10. The first-order valence-corrected chi connectivity index (χ1v) is 6.83. The van der Waals surface area contributed by atoms with Gasteiger partial charge in [-0.25, -0.2) is 0 Å². The van der Waals surface area contributed by atoms with Crippen molar-refractivity contribution in [3.8, 4) is 11.5 Å². The molecule has 0 fully saturated rings. The fourth-order valence-corrected chi connectivity index (χ4v) is 2.18. The van der Waals surface area contributed by atoms with E-state index in [1.807, 2.05) is 44.2 Å². The smallest absolute Gasteiger partial charge is 0.163 e. The van der Waals surface area contributed by atoms with E-state index in [4.69, 9.17) is 4.74 Å². The first-order chi connectivity index (χ1) is 8.99. The van der Waals surface area contributed by atoms with Crippen molar-refractivity contribution in [1.82, 2.24) is 0 Å². The summed E-state index contributed by atoms with van der Waals surface area (Å²) in [5.41, 5.74) is 2.83. The molecule has 0 aliphatic carbocycles. The van der Waals surface area contributed by atoms with Crippen LogP contribution in [0.25, 0.3) is 0 Å². The highest BCUT2D eigenvalue weighted by atomic mass is 79.9. The third-order valence-electron chi connectivity index (χ3n) is 3.10. The minimum Gasteiger partial charge on any atom is -0.456 e. The summed E-state index contributed by atoms with van der Waals surface area (Å²) in [5.74, 6) is 1.36. The molecule has 98 valence electrons. The van der Waals surface area contributed by atoms with E-state index in [0.717, 1.165) is 15.8 Å². The van der Waals surface area contributed by atoms with Gasteiger partial charge in [0.25, 0.3) is 0 Å². The lowest BCUT2D eigenvalue weighted by Gasteiger charge is -2.13. The van der Waals surface area contributed by atoms with Crippen LogP contribution in [0.5, 0.6) is 11.5 Å². The van der Waals surface area contributed by atoms with Gasteiger partial charge >= 0.3 is 0 Å². The summed E-state index contributed by atoms with van der Waals surface area (Å²) in [5, 5.41) is 0. The van der Waals surface area contributed by atoms with Gasteiger partial charge in [0.05, 0.1) is 5.56 Å². The van der Waals surface area contributed by atoms with Crippen molar-refractivity contribution in [2.24, 2.45) is 0 Å². The number of ether oxygens (including phenoxy) is 1. The number of aryl methyl sites for hydroxylation is 1. The second-order valence-corrected chi connectivity index (χ2v) is 5.41. The fourth-order valence-electron chi connectivity index (χ4n) is 1.82. The van der Waals surface area contributed by atoms with Gasteiger partial charge in [0.15, 0.2) is 5.78 Å². The van der Waals surface area contributed by atoms with E-state index in [2.05, 4.69) is 15.9 Å². The van der Waals surface area contributed by atoms with Gasteiger partial charge < -0.3 is 4.74 Å². The van der Waals surface area contributed by atoms with Gasteiger partial charge in [-0.3, -0.25) is 4.79 Å². The standard InChI is InChI=1S/C16H15BrO2/c1-10-5-4-6-15(11(10)2)19-16-8-7-13(17)9-14(16)12(3)18/h4-9H,1-3H3. The molecule has 0 radical (unpaired) electrons. The average molecular weight is 319 g/mol. The van der Waals surface area contributed by atoms with Gasteiger partial charge in [-0.05, 0) is 56.2 Å². The minimum absolute atomic E-state index is 0.0124. The molecule has 0 bridgehead atoms. The number of ketones is 1. The Bertz CT molecular complexity index is 633. The largest absolute Gasteiger partial charge is 0.456 e. The maximum absolute atomic E-state index is 11.7. The van der Waals surface area contributed by atoms with Crippen LogP contribution in [0.15, 0.2) is 40.9 Å². The number of benzene rings is 2. The molecule has 2 rings (SSSR count). The first kappa shape index (κ1) is 13.8. The van der Waals surface area contributed by atoms with Crippen LogP contribution in [0.3, 0.4) is 0 Å². The van der Waals surface area contributed by atoms with Crippen molar-refractivity contribution in [2.75, 3.05) is 0 Å². The second kappa shape index (κ2) is 5.57. The number of rotatable bonds is 3. The van der Waals surface area contributed by atoms with Crippen LogP contribution in [0.1, 0.15) is 28.4 Å². The molecule has 0 aliphatic heterocycles. The lowest BCUT2D eigenvalue weighted by Crippen LogP contribution is -1.98. The highest BCUT2D eigenvalue weighted by Gasteiger charge is 2.11. The van der Waals surface area contributed by atoms with Crippen LogP contribution in [0, 0.1) is 13.8 Å². The van der Waals surface area contributed by atoms with Gasteiger partial charge in [0.1, 0.15) is 11.5 Å². The topological polar surface area (TPSA) is 26.3 Å². The zero-order valence-corrected chi connectivity index (χ0v) is 12.7. The van der Waals surface area contributed by atoms with Crippen molar-refractivity contribution in [1.29, 1.82) is 0 Å². The van der Waals surface area contributed by atoms with Crippen LogP contribution in [-0.2, 0) is 0 Å². The third-order valence-corrected chi connectivity index (χ3v) is 3.59. The van der Waals surface area contributed by atoms with Crippen molar-refractivity contribution in [2.45, 2.75) is 20.8 Å². The molecule has 2 aromatic carbocycles. The molecule has 2 nitrogen and oxygen atoms in total. The molecule has 0 saturated carbocycles. The summed E-state index contributed by atoms with van der Waals surface area (Å²) in [7, 11) is 0. The van der Waals surface area contributed by atoms with Crippen molar-refractivity contribution < 1.29 is 9.53 Å². The SMILES string of the molecule is CC(=O)c1cc(Br)ccc1Oc1cccc(C)c1C. The maximum atomic E-state index is 11.7. The molecule has 19 heavy (non-hydrogen) atoms. The van der Waals surface area contributed by atoms with Gasteiger partial charge in [0, 0.05) is 4.47 Å². The van der Waals surface area contributed by atoms with Crippen LogP contribution >= 0.6 is 15.9 Å². The predicted molar refractivity (Wildman–Crippen MR) is 80.1 cm³/mol. The van der Waals surface area contributed by atoms with Gasteiger partial charge in [-0.1, -0.05) is 28.1 Å². The average Bonchev–Trinajstić information content (AvgIpc) is 2.36. The summed E-state index contributed by atoms with van der Waals surface area (Å²) in [6.45, 7) is 5.59. The number of carbonyl (C=O) groups excluding carboxylic acids is 1. The fraction of sp³-hybridized carbons (Fsp3) is 0.188. The van der Waals surface area contributed by atoms with Crippen LogP contribution in [0.4, 0.5) is 0 Å². The molecule has 0 spiro atoms. The zero-order valence-electron chi connectivity index (χ0n) is 11.2. The molecular formula is C16H15BrO2. The normalized spacial score (nSPS) is 10.3. The molecule has 0 aromatic heterocycles. The quantitative estimate of drug-likeness (QED) is 0.739. The lowest BCUT2D eigenvalue weighted by atomic mass is 10.1. The van der Waals surface area contributed by atoms with Gasteiger partial charge in [0.2, 0.25) is 0 Å². The highest BCUT2D eigenvalue weighted by Crippen LogP contribution is 2.31. The number of halogens is 1. The summed E-state index contributed by atoms with van der Waals surface area (Å²) in [4.78, 5) is 11.7. The Balaban J connectivity index is 2.44. The summed E-state index contributed by atoms with van der Waals surface area (Å²) in [6.07, 6.45) is 0. The van der Waals surface area contributed by atoms with Crippen molar-refractivity contribution in [3.63, 3.8) is 0 Å². The van der Waals surface area contributed by atoms with E-state index in [-0.39, 0.29) is 5.78 Å². The molecule has 0 N–H and O–H groups in total. The molecule has 2 aromatic rings. The minimum atomic E-state index is -0.0124. The van der Waals surface area contributed by atoms with Crippen LogP contribution in [0.2, 0.25) is 0 Å². The zero-order chi connectivity index (χ0) is 14.0. The van der Waals surface area contributed by atoms with Crippen molar-refractivity contribution in [3.05, 3.63) is 57.6 Å². The lowest BCUT2D eigenvalue weighted by molar-refractivity contribution is 0.101. The third kappa shape index (κ3) is 3.04. The van der Waals surface area contributed by atoms with Crippen molar-refractivity contribution >= 4 is 21.7 Å². The summed E-state index contributed by atoms with van der Waals surface area (Å²) in [6, 6.07) is 11.4. The van der Waals surface area contributed by atoms with E-state index in [9.17, 15) is 4.79 Å². The Labute approximate surface area is 121 Å². The molecule has 0 unspecified atom stereocenters. The molecule has 0 atom stereocenters. The molecule has 0 amide bonds. The Hall–Kier alpha value is -1.61. The van der Waals surface area contributed by atoms with E-state index in [1.54, 1.807) is 6.07 Å². The molecule has 0 saturated heterocycles. The molecule has 0 aliphatic rings. The Morgan fingerprint density at radius 3 is 2.53 bits per heavy atom. The van der Waals surface area contributed by atoms with E-state index in [1.165, 1.54) is 12.5 Å².